The number of nitrogens with zero attached hydrogens (tertiary/aromatic N) is 3. The van der Waals surface area contributed by atoms with Crippen LogP contribution in [0.3, 0.4) is 0 Å². The normalized spacial score (nSPS) is 24.1. The molecule has 0 spiro atoms. The molecule has 5 nitrogen and oxygen atoms in total. The summed E-state index contributed by atoms with van der Waals surface area (Å²) in [5.74, 6) is 4.08. The van der Waals surface area contributed by atoms with Crippen LogP contribution in [0.4, 0.5) is 0 Å². The largest absolute Gasteiger partial charge is 0.481 e. The Hall–Kier alpha value is -1.04. The van der Waals surface area contributed by atoms with Crippen LogP contribution in [0.15, 0.2) is 0 Å². The highest BCUT2D eigenvalue weighted by molar-refractivity contribution is 7.99. The van der Waals surface area contributed by atoms with E-state index in [-0.39, 0.29) is 5.92 Å². The molecule has 0 radical (unpaired) electrons. The maximum atomic E-state index is 11.0. The van der Waals surface area contributed by atoms with Crippen LogP contribution in [-0.2, 0) is 24.2 Å². The summed E-state index contributed by atoms with van der Waals surface area (Å²) in [5.41, 5.74) is 0. The standard InChI is InChI=1S/C13H19N3O2S/c17-13(18)10-1-2-12-14-11(15-16(12)8-10)7-9-3-5-19-6-4-9/h9-10H,1-8H2,(H,17,18). The molecule has 3 heterocycles. The van der Waals surface area contributed by atoms with Gasteiger partial charge in [-0.3, -0.25) is 4.79 Å². The highest BCUT2D eigenvalue weighted by Gasteiger charge is 2.27. The van der Waals surface area contributed by atoms with Gasteiger partial charge in [-0.15, -0.1) is 0 Å². The van der Waals surface area contributed by atoms with Crippen molar-refractivity contribution in [2.45, 2.75) is 38.6 Å². The number of rotatable bonds is 3. The van der Waals surface area contributed by atoms with Crippen LogP contribution >= 0.6 is 11.8 Å². The Bertz CT molecular complexity index is 468. The van der Waals surface area contributed by atoms with Gasteiger partial charge >= 0.3 is 5.97 Å². The van der Waals surface area contributed by atoms with Crippen molar-refractivity contribution < 1.29 is 9.90 Å². The summed E-state index contributed by atoms with van der Waals surface area (Å²) in [6.07, 6.45) is 4.90. The zero-order chi connectivity index (χ0) is 13.2. The van der Waals surface area contributed by atoms with Crippen molar-refractivity contribution in [1.29, 1.82) is 0 Å². The molecule has 2 aliphatic rings. The Morgan fingerprint density at radius 2 is 2.16 bits per heavy atom. The number of hydrogen-bond donors (Lipinski definition) is 1. The van der Waals surface area contributed by atoms with E-state index in [1.807, 2.05) is 16.4 Å². The molecular weight excluding hydrogens is 262 g/mol. The SMILES string of the molecule is O=C(O)C1CCc2nc(CC3CCSCC3)nn2C1. The number of carboxylic acid groups (broad SMARTS) is 1. The number of carbonyl (C=O) groups is 1. The summed E-state index contributed by atoms with van der Waals surface area (Å²) in [4.78, 5) is 15.6. The van der Waals surface area contributed by atoms with Crippen molar-refractivity contribution in [3.05, 3.63) is 11.6 Å². The number of hydrogen-bond acceptors (Lipinski definition) is 4. The third-order valence-electron chi connectivity index (χ3n) is 4.06. The first-order valence-corrected chi connectivity index (χ1v) is 8.11. The number of fused-ring (bicyclic) bond motifs is 1. The highest BCUT2D eigenvalue weighted by Crippen LogP contribution is 2.26. The van der Waals surface area contributed by atoms with E-state index in [2.05, 4.69) is 10.1 Å². The summed E-state index contributed by atoms with van der Waals surface area (Å²) in [7, 11) is 0. The van der Waals surface area contributed by atoms with E-state index < -0.39 is 5.97 Å². The van der Waals surface area contributed by atoms with Gasteiger partial charge in [-0.05, 0) is 36.7 Å². The van der Waals surface area contributed by atoms with Gasteiger partial charge in [0.15, 0.2) is 5.82 Å². The van der Waals surface area contributed by atoms with Gasteiger partial charge in [0.2, 0.25) is 0 Å². The first-order valence-electron chi connectivity index (χ1n) is 6.95. The van der Waals surface area contributed by atoms with E-state index in [0.29, 0.717) is 18.9 Å². The molecule has 2 aliphatic heterocycles. The Labute approximate surface area is 116 Å². The zero-order valence-electron chi connectivity index (χ0n) is 10.9. The van der Waals surface area contributed by atoms with E-state index in [1.54, 1.807) is 0 Å². The van der Waals surface area contributed by atoms with Crippen LogP contribution < -0.4 is 0 Å². The van der Waals surface area contributed by atoms with Crippen molar-refractivity contribution in [3.8, 4) is 0 Å². The molecule has 1 fully saturated rings. The Kier molecular flexibility index (Phi) is 3.77. The Morgan fingerprint density at radius 3 is 2.89 bits per heavy atom. The first-order chi connectivity index (χ1) is 9.22. The molecule has 104 valence electrons. The summed E-state index contributed by atoms with van der Waals surface area (Å²) >= 11 is 2.03. The molecule has 1 aromatic heterocycles. The van der Waals surface area contributed by atoms with Gasteiger partial charge in [0.1, 0.15) is 5.82 Å². The van der Waals surface area contributed by atoms with E-state index in [0.717, 1.165) is 24.5 Å². The van der Waals surface area contributed by atoms with E-state index >= 15 is 0 Å². The second kappa shape index (κ2) is 5.53. The molecule has 1 atom stereocenters. The molecule has 1 aromatic rings. The number of thioether (sulfide) groups is 1. The summed E-state index contributed by atoms with van der Waals surface area (Å²) in [6.45, 7) is 0.484. The van der Waals surface area contributed by atoms with Gasteiger partial charge < -0.3 is 5.11 Å². The van der Waals surface area contributed by atoms with Crippen LogP contribution in [-0.4, -0.2) is 37.3 Å². The Morgan fingerprint density at radius 1 is 1.37 bits per heavy atom. The molecule has 3 rings (SSSR count). The van der Waals surface area contributed by atoms with Gasteiger partial charge in [0.25, 0.3) is 0 Å². The fourth-order valence-electron chi connectivity index (χ4n) is 2.86. The minimum atomic E-state index is -0.716. The lowest BCUT2D eigenvalue weighted by Crippen LogP contribution is -2.27. The number of aryl methyl sites for hydroxylation is 1. The monoisotopic (exact) mass is 281 g/mol. The molecule has 0 saturated carbocycles. The van der Waals surface area contributed by atoms with Crippen molar-refractivity contribution in [3.63, 3.8) is 0 Å². The average Bonchev–Trinajstić information content (AvgIpc) is 2.80. The molecule has 6 heteroatoms. The maximum Gasteiger partial charge on any atom is 0.308 e. The Balaban J connectivity index is 1.67. The van der Waals surface area contributed by atoms with Crippen LogP contribution in [0.1, 0.15) is 30.9 Å². The fraction of sp³-hybridized carbons (Fsp3) is 0.769. The smallest absolute Gasteiger partial charge is 0.308 e. The van der Waals surface area contributed by atoms with Gasteiger partial charge in [0, 0.05) is 12.8 Å². The van der Waals surface area contributed by atoms with Crippen LogP contribution in [0.5, 0.6) is 0 Å². The molecule has 1 saturated heterocycles. The lowest BCUT2D eigenvalue weighted by molar-refractivity contribution is -0.142. The van der Waals surface area contributed by atoms with Crippen LogP contribution in [0.2, 0.25) is 0 Å². The predicted octanol–water partition coefficient (Wildman–Crippen LogP) is 1.61. The van der Waals surface area contributed by atoms with Crippen molar-refractivity contribution >= 4 is 17.7 Å². The molecular formula is C13H19N3O2S. The molecule has 19 heavy (non-hydrogen) atoms. The van der Waals surface area contributed by atoms with Gasteiger partial charge in [-0.2, -0.15) is 16.9 Å². The minimum Gasteiger partial charge on any atom is -0.481 e. The van der Waals surface area contributed by atoms with Crippen molar-refractivity contribution in [2.24, 2.45) is 11.8 Å². The number of aromatic nitrogens is 3. The first kappa shape index (κ1) is 13.0. The van der Waals surface area contributed by atoms with Crippen molar-refractivity contribution in [2.75, 3.05) is 11.5 Å². The fourth-order valence-corrected chi connectivity index (χ4v) is 4.06. The topological polar surface area (TPSA) is 68.0 Å². The number of aliphatic carboxylic acids is 1. The second-order valence-electron chi connectivity index (χ2n) is 5.46. The van der Waals surface area contributed by atoms with Crippen LogP contribution in [0.25, 0.3) is 0 Å². The van der Waals surface area contributed by atoms with E-state index in [9.17, 15) is 4.79 Å². The summed E-state index contributed by atoms with van der Waals surface area (Å²) in [5, 5.41) is 13.6. The minimum absolute atomic E-state index is 0.298. The number of carboxylic acids is 1. The zero-order valence-corrected chi connectivity index (χ0v) is 11.7. The van der Waals surface area contributed by atoms with E-state index in [4.69, 9.17) is 5.11 Å². The molecule has 1 unspecified atom stereocenters. The molecule has 0 amide bonds. The third-order valence-corrected chi connectivity index (χ3v) is 5.11. The lowest BCUT2D eigenvalue weighted by atomic mass is 9.99. The summed E-state index contributed by atoms with van der Waals surface area (Å²) in [6, 6.07) is 0. The van der Waals surface area contributed by atoms with Gasteiger partial charge in [-0.1, -0.05) is 0 Å². The quantitative estimate of drug-likeness (QED) is 0.911. The van der Waals surface area contributed by atoms with Crippen molar-refractivity contribution in [1.82, 2.24) is 14.8 Å². The highest BCUT2D eigenvalue weighted by atomic mass is 32.2. The van der Waals surface area contributed by atoms with E-state index in [1.165, 1.54) is 24.3 Å². The average molecular weight is 281 g/mol. The molecule has 0 aliphatic carbocycles. The molecule has 0 bridgehead atoms. The summed E-state index contributed by atoms with van der Waals surface area (Å²) < 4.78 is 1.81. The predicted molar refractivity (Wildman–Crippen MR) is 73.2 cm³/mol. The maximum absolute atomic E-state index is 11.0. The third kappa shape index (κ3) is 2.94. The van der Waals surface area contributed by atoms with Gasteiger partial charge in [-0.25, -0.2) is 9.67 Å². The lowest BCUT2D eigenvalue weighted by Gasteiger charge is -2.19. The van der Waals surface area contributed by atoms with Crippen LogP contribution in [0, 0.1) is 11.8 Å². The second-order valence-corrected chi connectivity index (χ2v) is 6.68. The van der Waals surface area contributed by atoms with Gasteiger partial charge in [0.05, 0.1) is 12.5 Å². The molecule has 0 aromatic carbocycles. The molecule has 1 N–H and O–H groups in total.